The fourth-order valence-corrected chi connectivity index (χ4v) is 10.9. The normalized spacial score (nSPS) is 19.3. The van der Waals surface area contributed by atoms with Crippen LogP contribution in [0.3, 0.4) is 0 Å². The molecule has 1 aliphatic rings. The molecule has 0 aromatic carbocycles. The molecule has 1 aromatic heterocycles. The van der Waals surface area contributed by atoms with Crippen LogP contribution < -0.4 is 74.6 Å². The van der Waals surface area contributed by atoms with Crippen molar-refractivity contribution in [1.82, 2.24) is 9.55 Å². The number of hydrogen-bond donors (Lipinski definition) is 4. The summed E-state index contributed by atoms with van der Waals surface area (Å²) in [5.41, 5.74) is -0.333. The molecule has 0 saturated carbocycles. The first-order valence-corrected chi connectivity index (χ1v) is 29.1. The Morgan fingerprint density at radius 2 is 1.21 bits per heavy atom. The summed E-state index contributed by atoms with van der Waals surface area (Å²) in [5.74, 6) is 0.550. The van der Waals surface area contributed by atoms with Crippen molar-refractivity contribution in [3.63, 3.8) is 0 Å². The van der Waals surface area contributed by atoms with Crippen molar-refractivity contribution in [2.24, 2.45) is 0 Å². The molecule has 1 aromatic rings. The number of aromatic nitrogens is 2. The maximum Gasteiger partial charge on any atom is 1.00 e. The first kappa shape index (κ1) is 67.6. The van der Waals surface area contributed by atoms with Crippen LogP contribution in [0.1, 0.15) is 213 Å². The molecule has 67 heavy (non-hydrogen) atoms. The van der Waals surface area contributed by atoms with Gasteiger partial charge in [0.05, 0.1) is 19.2 Å². The van der Waals surface area contributed by atoms with Gasteiger partial charge in [-0.1, -0.05) is 187 Å². The van der Waals surface area contributed by atoms with Crippen molar-refractivity contribution < 1.29 is 121 Å². The summed E-state index contributed by atoms with van der Waals surface area (Å²) in [6.45, 7) is 2.92. The second-order valence-electron chi connectivity index (χ2n) is 17.6. The predicted molar refractivity (Wildman–Crippen MR) is 251 cm³/mol. The van der Waals surface area contributed by atoms with Crippen LogP contribution in [-0.2, 0) is 36.8 Å². The van der Waals surface area contributed by atoms with E-state index in [0.717, 1.165) is 61.1 Å². The number of phosphoric ester groups is 2. The van der Waals surface area contributed by atoms with E-state index >= 15 is 0 Å². The second kappa shape index (κ2) is 42.0. The largest absolute Gasteiger partial charge is 1.00 e. The van der Waals surface area contributed by atoms with Crippen LogP contribution in [0.4, 0.5) is 0 Å². The number of nitrogens with one attached hydrogen (secondary N) is 1. The number of aliphatic hydroxyl groups excluding tert-OH is 2. The van der Waals surface area contributed by atoms with E-state index in [9.17, 15) is 39.0 Å². The smallest absolute Gasteiger partial charge is 0.846 e. The number of esters is 1. The Kier molecular flexibility index (Phi) is 42.4. The van der Waals surface area contributed by atoms with Gasteiger partial charge >= 0.3 is 72.9 Å². The van der Waals surface area contributed by atoms with Gasteiger partial charge in [-0.15, -0.1) is 0 Å². The quantitative estimate of drug-likeness (QED) is 0.0312. The van der Waals surface area contributed by atoms with Crippen molar-refractivity contribution >= 4 is 33.4 Å². The zero-order chi connectivity index (χ0) is 47.6. The molecule has 3 unspecified atom stereocenters. The number of aliphatic hydroxyl groups is 2. The van der Waals surface area contributed by atoms with E-state index < -0.39 is 71.5 Å². The number of nitrogens with zero attached hydrogens (tertiary/aromatic N) is 2. The van der Waals surface area contributed by atoms with Crippen LogP contribution in [0, 0.1) is 5.41 Å². The van der Waals surface area contributed by atoms with Crippen molar-refractivity contribution in [3.8, 4) is 6.01 Å². The van der Waals surface area contributed by atoms with E-state index in [1.54, 1.807) is 0 Å². The van der Waals surface area contributed by atoms with Crippen molar-refractivity contribution in [3.05, 3.63) is 17.8 Å². The minimum absolute atomic E-state index is 0. The van der Waals surface area contributed by atoms with E-state index in [1.807, 2.05) is 0 Å². The molecule has 0 bridgehead atoms. The van der Waals surface area contributed by atoms with Crippen LogP contribution in [0.15, 0.2) is 12.3 Å². The number of phosphoric acid groups is 2. The summed E-state index contributed by atoms with van der Waals surface area (Å²) < 4.78 is 51.4. The van der Waals surface area contributed by atoms with Gasteiger partial charge in [0.2, 0.25) is 0 Å². The molecular weight excluding hydrogens is 943 g/mol. The summed E-state index contributed by atoms with van der Waals surface area (Å²) in [5, 5.41) is 40.5. The molecule has 2 rings (SSSR count). The Morgan fingerprint density at radius 1 is 0.761 bits per heavy atom. The van der Waals surface area contributed by atoms with Gasteiger partial charge in [0.25, 0.3) is 7.82 Å². The molecule has 0 radical (unpaired) electrons. The van der Waals surface area contributed by atoms with Crippen LogP contribution in [-0.4, -0.2) is 79.8 Å². The minimum atomic E-state index is -5.51. The SMILES string of the molecule is CCCCCCCCCCCCCCCCCC(=O)OC(COP(=O)([O-])OP(=O)(O)OC[C@H]1O[C@@H](n2ccc(=N)nc2[O-])[C@@H](O)[C@@H]1O)CSCCCCCCCCCCCCCCCC.[Na+].[Na+]. The van der Waals surface area contributed by atoms with Gasteiger partial charge < -0.3 is 43.7 Å². The number of carbonyl (C=O) groups is 1. The predicted octanol–water partition coefficient (Wildman–Crippen LogP) is 4.07. The molecule has 1 saturated heterocycles. The Labute approximate surface area is 451 Å². The third-order valence-electron chi connectivity index (χ3n) is 11.7. The maximum atomic E-state index is 12.9. The van der Waals surface area contributed by atoms with Crippen LogP contribution in [0.5, 0.6) is 6.01 Å². The fraction of sp³-hybridized carbons (Fsp3) is 0.891. The first-order valence-electron chi connectivity index (χ1n) is 25.0. The van der Waals surface area contributed by atoms with Crippen LogP contribution >= 0.6 is 27.4 Å². The number of carbonyl (C=O) groups excluding carboxylic acids is 1. The number of rotatable bonds is 43. The molecule has 1 aliphatic heterocycles. The number of unbranched alkanes of at least 4 members (excludes halogenated alkanes) is 27. The van der Waals surface area contributed by atoms with E-state index in [2.05, 4.69) is 23.1 Å². The van der Waals surface area contributed by atoms with E-state index in [-0.39, 0.29) is 76.8 Å². The summed E-state index contributed by atoms with van der Waals surface area (Å²) in [4.78, 5) is 39.3. The van der Waals surface area contributed by atoms with Gasteiger partial charge in [0, 0.05) is 18.4 Å². The zero-order valence-corrected chi connectivity index (χ0v) is 48.3. The topological polar surface area (TPSA) is 246 Å². The standard InChI is InChI=1S/C46H87N3O13P2S.2Na/c1-3-5-7-9-11-13-15-17-19-20-22-24-26-28-30-32-42(50)60-39(38-65-35-31-29-27-25-23-21-18-16-14-12-10-8-6-4-2)36-58-63(54,55)62-64(56,57)59-37-40-43(51)44(52)45(61-40)49-34-33-41(47)48-46(49)53;;/h33-34,39-40,43-45,51-52H,3-32,35-38H2,1-2H3,(H,54,55)(H,56,57)(H2,47,48,53);;/q;2*+1/p-2/t39?,40-,43-,44+,45-;;/m1../s1. The van der Waals surface area contributed by atoms with Gasteiger partial charge in [-0.2, -0.15) is 11.8 Å². The van der Waals surface area contributed by atoms with Crippen LogP contribution in [0.2, 0.25) is 0 Å². The Bertz CT molecular complexity index is 1540. The van der Waals surface area contributed by atoms with E-state index in [0.29, 0.717) is 6.42 Å². The van der Waals surface area contributed by atoms with Gasteiger partial charge in [0.1, 0.15) is 29.9 Å². The fourth-order valence-electron chi connectivity index (χ4n) is 7.83. The third kappa shape index (κ3) is 33.9. The third-order valence-corrected chi connectivity index (χ3v) is 15.4. The van der Waals surface area contributed by atoms with E-state index in [1.165, 1.54) is 153 Å². The number of thioether (sulfide) groups is 1. The zero-order valence-electron chi connectivity index (χ0n) is 41.7. The van der Waals surface area contributed by atoms with Gasteiger partial charge in [0.15, 0.2) is 6.23 Å². The average molecular weight is 1030 g/mol. The van der Waals surface area contributed by atoms with Crippen molar-refractivity contribution in [2.75, 3.05) is 24.7 Å². The molecule has 16 nitrogen and oxygen atoms in total. The maximum absolute atomic E-state index is 12.9. The second-order valence-corrected chi connectivity index (χ2v) is 21.8. The number of hydrogen-bond acceptors (Lipinski definition) is 15. The first-order chi connectivity index (χ1) is 31.3. The summed E-state index contributed by atoms with van der Waals surface area (Å²) in [7, 11) is -10.9. The van der Waals surface area contributed by atoms with Gasteiger partial charge in [-0.05, 0) is 24.7 Å². The Hall–Kier alpha value is 0.640. The molecule has 7 atom stereocenters. The minimum Gasteiger partial charge on any atom is -0.846 e. The molecule has 0 aliphatic carbocycles. The molecule has 0 spiro atoms. The Balaban J connectivity index is 0.0000218. The van der Waals surface area contributed by atoms with E-state index in [4.69, 9.17) is 23.9 Å². The molecule has 4 N–H and O–H groups in total. The monoisotopic (exact) mass is 1030 g/mol. The Morgan fingerprint density at radius 3 is 1.67 bits per heavy atom. The molecular formula is C46H85N3Na2O13P2S. The summed E-state index contributed by atoms with van der Waals surface area (Å²) in [6, 6.07) is 0.209. The average Bonchev–Trinajstić information content (AvgIpc) is 3.54. The molecule has 1 fully saturated rings. The molecule has 0 amide bonds. The van der Waals surface area contributed by atoms with Crippen molar-refractivity contribution in [2.45, 2.75) is 237 Å². The van der Waals surface area contributed by atoms with Gasteiger partial charge in [-0.3, -0.25) is 19.3 Å². The molecule has 21 heteroatoms. The van der Waals surface area contributed by atoms with Gasteiger partial charge in [-0.25, -0.2) is 13.9 Å². The molecule has 2 heterocycles. The number of ether oxygens (including phenoxy) is 2. The summed E-state index contributed by atoms with van der Waals surface area (Å²) in [6.07, 6.45) is 29.5. The van der Waals surface area contributed by atoms with Crippen LogP contribution in [0.25, 0.3) is 0 Å². The van der Waals surface area contributed by atoms with Crippen molar-refractivity contribution in [1.29, 1.82) is 5.41 Å². The molecule has 380 valence electrons. The summed E-state index contributed by atoms with van der Waals surface area (Å²) >= 11 is 1.51.